The fourth-order valence-corrected chi connectivity index (χ4v) is 2.85. The van der Waals surface area contributed by atoms with Crippen molar-refractivity contribution < 1.29 is 8.78 Å². The molecule has 0 saturated carbocycles. The Balaban J connectivity index is 1.74. The van der Waals surface area contributed by atoms with E-state index in [9.17, 15) is 8.78 Å². The van der Waals surface area contributed by atoms with Gasteiger partial charge in [0.2, 0.25) is 0 Å². The third kappa shape index (κ3) is 3.01. The predicted molar refractivity (Wildman–Crippen MR) is 97.7 cm³/mol. The molecule has 0 saturated heterocycles. The van der Waals surface area contributed by atoms with E-state index in [0.717, 1.165) is 11.4 Å². The Hall–Kier alpha value is -2.94. The van der Waals surface area contributed by atoms with Crippen molar-refractivity contribution >= 4 is 27.4 Å². The zero-order chi connectivity index (χ0) is 18.1. The summed E-state index contributed by atoms with van der Waals surface area (Å²) in [5.41, 5.74) is 5.53. The van der Waals surface area contributed by atoms with E-state index in [1.165, 1.54) is 24.3 Å². The normalized spacial score (nSPS) is 13.7. The van der Waals surface area contributed by atoms with E-state index < -0.39 is 0 Å². The molecule has 26 heavy (non-hydrogen) atoms. The highest BCUT2D eigenvalue weighted by atomic mass is 79.9. The molecule has 0 radical (unpaired) electrons. The number of hydrogen-bond acceptors (Lipinski definition) is 5. The van der Waals surface area contributed by atoms with Crippen LogP contribution in [0.4, 0.5) is 20.3 Å². The van der Waals surface area contributed by atoms with Crippen LogP contribution in [-0.4, -0.2) is 20.3 Å². The van der Waals surface area contributed by atoms with Gasteiger partial charge in [-0.3, -0.25) is 5.43 Å². The number of nitrogens with zero attached hydrogens (tertiary/aromatic N) is 5. The second kappa shape index (κ2) is 6.75. The SMILES string of the molecule is Fc1ccc(N2C=C(CBr)NN2c2cnnn2-c2ccc(F)cc2)cc1. The van der Waals surface area contributed by atoms with Crippen LogP contribution < -0.4 is 15.6 Å². The molecule has 3 aromatic rings. The quantitative estimate of drug-likeness (QED) is 0.656. The highest BCUT2D eigenvalue weighted by Crippen LogP contribution is 2.28. The summed E-state index contributed by atoms with van der Waals surface area (Å²) in [5.74, 6) is -0.0332. The number of halogens is 3. The number of rotatable bonds is 4. The standard InChI is InChI=1S/C17H13BrF2N6/c18-9-14-11-24(15-5-1-12(19)2-6-15)26(22-14)17-10-21-23-25(17)16-7-3-13(20)4-8-16/h1-8,10-11,22H,9H2. The van der Waals surface area contributed by atoms with Crippen LogP contribution in [0.3, 0.4) is 0 Å². The third-order valence-electron chi connectivity index (χ3n) is 3.80. The van der Waals surface area contributed by atoms with E-state index in [4.69, 9.17) is 0 Å². The van der Waals surface area contributed by atoms with E-state index in [1.54, 1.807) is 40.3 Å². The molecule has 1 aliphatic heterocycles. The Labute approximate surface area is 156 Å². The largest absolute Gasteiger partial charge is 0.279 e. The van der Waals surface area contributed by atoms with Crippen molar-refractivity contribution in [3.05, 3.63) is 78.3 Å². The van der Waals surface area contributed by atoms with Gasteiger partial charge in [0.1, 0.15) is 11.6 Å². The third-order valence-corrected chi connectivity index (χ3v) is 4.40. The van der Waals surface area contributed by atoms with Gasteiger partial charge < -0.3 is 0 Å². The first kappa shape index (κ1) is 16.5. The maximum absolute atomic E-state index is 13.3. The lowest BCUT2D eigenvalue weighted by atomic mass is 10.3. The number of allylic oxidation sites excluding steroid dienone is 1. The molecule has 0 aliphatic carbocycles. The minimum absolute atomic E-state index is 0.310. The summed E-state index contributed by atoms with van der Waals surface area (Å²) in [6, 6.07) is 12.1. The van der Waals surface area contributed by atoms with Gasteiger partial charge in [-0.15, -0.1) is 5.10 Å². The summed E-state index contributed by atoms with van der Waals surface area (Å²) in [6.07, 6.45) is 3.46. The molecule has 2 aromatic carbocycles. The van der Waals surface area contributed by atoms with E-state index in [1.807, 2.05) is 11.2 Å². The topological polar surface area (TPSA) is 49.2 Å². The van der Waals surface area contributed by atoms with Crippen LogP contribution in [0.15, 0.2) is 66.6 Å². The maximum atomic E-state index is 13.3. The zero-order valence-corrected chi connectivity index (χ0v) is 14.9. The summed E-state index contributed by atoms with van der Waals surface area (Å²) in [4.78, 5) is 0. The summed E-state index contributed by atoms with van der Waals surface area (Å²) in [5, 5.41) is 12.2. The summed E-state index contributed by atoms with van der Waals surface area (Å²) >= 11 is 3.43. The molecule has 1 aromatic heterocycles. The van der Waals surface area contributed by atoms with Crippen molar-refractivity contribution in [1.82, 2.24) is 20.4 Å². The fourth-order valence-electron chi connectivity index (χ4n) is 2.58. The minimum Gasteiger partial charge on any atom is -0.279 e. The van der Waals surface area contributed by atoms with Crippen LogP contribution in [0.2, 0.25) is 0 Å². The Morgan fingerprint density at radius 1 is 0.923 bits per heavy atom. The number of anilines is 2. The molecule has 1 N–H and O–H groups in total. The second-order valence-electron chi connectivity index (χ2n) is 5.51. The molecule has 0 spiro atoms. The van der Waals surface area contributed by atoms with Gasteiger partial charge >= 0.3 is 0 Å². The van der Waals surface area contributed by atoms with Crippen LogP contribution in [-0.2, 0) is 0 Å². The van der Waals surface area contributed by atoms with Crippen LogP contribution >= 0.6 is 15.9 Å². The molecule has 0 atom stereocenters. The highest BCUT2D eigenvalue weighted by molar-refractivity contribution is 9.09. The van der Waals surface area contributed by atoms with E-state index in [0.29, 0.717) is 16.8 Å². The molecule has 132 valence electrons. The van der Waals surface area contributed by atoms with Crippen LogP contribution in [0, 0.1) is 11.6 Å². The van der Waals surface area contributed by atoms with Crippen LogP contribution in [0.25, 0.3) is 5.69 Å². The van der Waals surface area contributed by atoms with E-state index in [2.05, 4.69) is 31.7 Å². The predicted octanol–water partition coefficient (Wildman–Crippen LogP) is 3.53. The van der Waals surface area contributed by atoms with Crippen LogP contribution in [0.5, 0.6) is 0 Å². The van der Waals surface area contributed by atoms with Gasteiger partial charge in [0.25, 0.3) is 0 Å². The molecule has 0 bridgehead atoms. The van der Waals surface area contributed by atoms with Crippen LogP contribution in [0.1, 0.15) is 0 Å². The van der Waals surface area contributed by atoms with E-state index >= 15 is 0 Å². The highest BCUT2D eigenvalue weighted by Gasteiger charge is 2.26. The average molecular weight is 419 g/mol. The summed E-state index contributed by atoms with van der Waals surface area (Å²) in [7, 11) is 0. The smallest absolute Gasteiger partial charge is 0.194 e. The first-order chi connectivity index (χ1) is 12.7. The molecule has 0 amide bonds. The Morgan fingerprint density at radius 3 is 2.15 bits per heavy atom. The molecular weight excluding hydrogens is 406 g/mol. The first-order valence-electron chi connectivity index (χ1n) is 7.70. The number of hydrazine groups is 2. The van der Waals surface area contributed by atoms with Gasteiger partial charge in [0, 0.05) is 5.33 Å². The lowest BCUT2D eigenvalue weighted by Gasteiger charge is -2.29. The Kier molecular flexibility index (Phi) is 4.29. The average Bonchev–Trinajstić information content (AvgIpc) is 3.29. The lowest BCUT2D eigenvalue weighted by molar-refractivity contribution is 0.625. The van der Waals surface area contributed by atoms with Gasteiger partial charge in [-0.05, 0) is 48.5 Å². The van der Waals surface area contributed by atoms with Crippen molar-refractivity contribution in [2.45, 2.75) is 0 Å². The monoisotopic (exact) mass is 418 g/mol. The number of alkyl halides is 1. The fraction of sp³-hybridized carbons (Fsp3) is 0.0588. The maximum Gasteiger partial charge on any atom is 0.194 e. The molecule has 2 heterocycles. The van der Waals surface area contributed by atoms with Crippen molar-refractivity contribution in [3.63, 3.8) is 0 Å². The summed E-state index contributed by atoms with van der Waals surface area (Å²) < 4.78 is 28.1. The van der Waals surface area contributed by atoms with Gasteiger partial charge in [-0.2, -0.15) is 9.80 Å². The van der Waals surface area contributed by atoms with Gasteiger partial charge in [-0.25, -0.2) is 13.8 Å². The number of nitrogens with one attached hydrogen (secondary N) is 1. The molecule has 1 aliphatic rings. The molecular formula is C17H13BrF2N6. The zero-order valence-electron chi connectivity index (χ0n) is 13.4. The molecule has 6 nitrogen and oxygen atoms in total. The Bertz CT molecular complexity index is 939. The van der Waals surface area contributed by atoms with Crippen molar-refractivity contribution in [2.24, 2.45) is 0 Å². The first-order valence-corrected chi connectivity index (χ1v) is 8.82. The van der Waals surface area contributed by atoms with Gasteiger partial charge in [-0.1, -0.05) is 21.1 Å². The van der Waals surface area contributed by atoms with E-state index in [-0.39, 0.29) is 11.6 Å². The van der Waals surface area contributed by atoms with Crippen molar-refractivity contribution in [2.75, 3.05) is 15.5 Å². The lowest BCUT2D eigenvalue weighted by Crippen LogP contribution is -2.44. The minimum atomic E-state index is -0.328. The van der Waals surface area contributed by atoms with Crippen molar-refractivity contribution in [1.29, 1.82) is 0 Å². The number of hydrogen-bond donors (Lipinski definition) is 1. The molecule has 0 unspecified atom stereocenters. The van der Waals surface area contributed by atoms with Gasteiger partial charge in [0.05, 0.1) is 29.5 Å². The number of benzene rings is 2. The van der Waals surface area contributed by atoms with Gasteiger partial charge in [0.15, 0.2) is 5.82 Å². The number of aromatic nitrogens is 3. The molecule has 0 fully saturated rings. The molecule has 9 heteroatoms. The Morgan fingerprint density at radius 2 is 1.54 bits per heavy atom. The molecule has 4 rings (SSSR count). The summed E-state index contributed by atoms with van der Waals surface area (Å²) in [6.45, 7) is 0. The van der Waals surface area contributed by atoms with Crippen molar-refractivity contribution in [3.8, 4) is 5.69 Å². The second-order valence-corrected chi connectivity index (χ2v) is 6.07.